The average molecular weight is 317 g/mol. The van der Waals surface area contributed by atoms with Crippen molar-refractivity contribution >= 4 is 27.9 Å². The summed E-state index contributed by atoms with van der Waals surface area (Å²) in [6.45, 7) is -0.397. The van der Waals surface area contributed by atoms with Crippen LogP contribution in [0.1, 0.15) is 12.0 Å². The molecule has 0 spiro atoms. The van der Waals surface area contributed by atoms with Gasteiger partial charge in [-0.05, 0) is 6.07 Å². The Hall–Kier alpha value is -2.07. The lowest BCUT2D eigenvalue weighted by molar-refractivity contribution is -0.120. The fourth-order valence-electron chi connectivity index (χ4n) is 1.76. The van der Waals surface area contributed by atoms with E-state index in [-0.39, 0.29) is 24.3 Å². The van der Waals surface area contributed by atoms with Gasteiger partial charge in [0.15, 0.2) is 0 Å². The van der Waals surface area contributed by atoms with Gasteiger partial charge in [0.05, 0.1) is 19.1 Å². The predicted octanol–water partition coefficient (Wildman–Crippen LogP) is 0.143. The maximum Gasteiger partial charge on any atom is 0.329 e. The molecule has 1 saturated heterocycles. The van der Waals surface area contributed by atoms with Crippen LogP contribution < -0.4 is 10.2 Å². The number of amides is 3. The number of pyridine rings is 1. The lowest BCUT2D eigenvalue weighted by Gasteiger charge is -2.27. The molecule has 0 radical (unpaired) electrons. The second kappa shape index (κ2) is 5.74. The average Bonchev–Trinajstić information content (AvgIpc) is 2.36. The van der Waals surface area contributed by atoms with E-state index < -0.39 is 34.5 Å². The fraction of sp³-hybridized carbons (Fsp3) is 0.364. The third-order valence-corrected chi connectivity index (χ3v) is 3.19. The van der Waals surface area contributed by atoms with Gasteiger partial charge >= 0.3 is 6.03 Å². The number of aromatic nitrogens is 1. The minimum atomic E-state index is -3.73. The Morgan fingerprint density at radius 1 is 1.48 bits per heavy atom. The second-order valence-corrected chi connectivity index (χ2v) is 6.00. The van der Waals surface area contributed by atoms with Gasteiger partial charge < -0.3 is 0 Å². The van der Waals surface area contributed by atoms with Crippen molar-refractivity contribution in [1.29, 1.82) is 0 Å². The summed E-state index contributed by atoms with van der Waals surface area (Å²) in [6, 6.07) is 0.322. The second-order valence-electron chi connectivity index (χ2n) is 4.36. The van der Waals surface area contributed by atoms with Crippen molar-refractivity contribution in [2.75, 3.05) is 17.7 Å². The maximum atomic E-state index is 13.3. The number of hydrogen-bond acceptors (Lipinski definition) is 6. The summed E-state index contributed by atoms with van der Waals surface area (Å²) in [7, 11) is -3.73. The van der Waals surface area contributed by atoms with Crippen LogP contribution in [0.25, 0.3) is 0 Å². The zero-order chi connectivity index (χ0) is 15.6. The number of hydrogen-bond donors (Lipinski definition) is 1. The molecule has 1 N–H and O–H groups in total. The number of urea groups is 1. The Morgan fingerprint density at radius 2 is 2.19 bits per heavy atom. The van der Waals surface area contributed by atoms with Gasteiger partial charge in [-0.2, -0.15) is 8.42 Å². The molecule has 21 heavy (non-hydrogen) atoms. The molecular formula is C11H12FN3O5S. The quantitative estimate of drug-likeness (QED) is 0.792. The molecular weight excluding hydrogens is 305 g/mol. The molecule has 0 unspecified atom stereocenters. The van der Waals surface area contributed by atoms with E-state index >= 15 is 0 Å². The van der Waals surface area contributed by atoms with Crippen LogP contribution in [0, 0.1) is 5.82 Å². The van der Waals surface area contributed by atoms with Gasteiger partial charge in [0.1, 0.15) is 11.6 Å². The molecule has 2 rings (SSSR count). The topological polar surface area (TPSA) is 106 Å². The summed E-state index contributed by atoms with van der Waals surface area (Å²) in [6.07, 6.45) is 1.81. The Labute approximate surface area is 120 Å². The van der Waals surface area contributed by atoms with Gasteiger partial charge in [-0.3, -0.25) is 19.2 Å². The highest BCUT2D eigenvalue weighted by atomic mass is 32.2. The first-order chi connectivity index (χ1) is 9.76. The Balaban J connectivity index is 2.30. The number of rotatable bonds is 4. The molecule has 0 bridgehead atoms. The fourth-order valence-corrected chi connectivity index (χ4v) is 2.10. The molecule has 8 nitrogen and oxygen atoms in total. The smallest absolute Gasteiger partial charge is 0.278 e. The van der Waals surface area contributed by atoms with Crippen LogP contribution in [-0.4, -0.2) is 38.1 Å². The molecule has 0 aromatic carbocycles. The molecule has 0 aliphatic carbocycles. The van der Waals surface area contributed by atoms with Crippen molar-refractivity contribution in [1.82, 2.24) is 10.3 Å². The third-order valence-electron chi connectivity index (χ3n) is 2.65. The molecule has 2 heterocycles. The van der Waals surface area contributed by atoms with E-state index in [0.29, 0.717) is 0 Å². The lowest BCUT2D eigenvalue weighted by Crippen LogP contribution is -2.50. The van der Waals surface area contributed by atoms with E-state index in [2.05, 4.69) is 14.5 Å². The van der Waals surface area contributed by atoms with E-state index in [1.165, 1.54) is 0 Å². The van der Waals surface area contributed by atoms with Crippen LogP contribution in [0.2, 0.25) is 0 Å². The minimum Gasteiger partial charge on any atom is -0.278 e. The SMILES string of the molecule is CS(=O)(=O)OCc1cc(F)cnc1N1CCC(=O)NC1=O. The summed E-state index contributed by atoms with van der Waals surface area (Å²) >= 11 is 0. The summed E-state index contributed by atoms with van der Waals surface area (Å²) in [5.74, 6) is -1.07. The summed E-state index contributed by atoms with van der Waals surface area (Å²) in [5.41, 5.74) is 0.0879. The van der Waals surface area contributed by atoms with Crippen molar-refractivity contribution < 1.29 is 26.6 Å². The normalized spacial score (nSPS) is 16.0. The molecule has 1 aromatic heterocycles. The van der Waals surface area contributed by atoms with Gasteiger partial charge in [0, 0.05) is 18.5 Å². The largest absolute Gasteiger partial charge is 0.329 e. The number of halogens is 1. The van der Waals surface area contributed by atoms with Crippen molar-refractivity contribution in [2.45, 2.75) is 13.0 Å². The van der Waals surface area contributed by atoms with E-state index in [4.69, 9.17) is 0 Å². The summed E-state index contributed by atoms with van der Waals surface area (Å²) < 4.78 is 39.9. The van der Waals surface area contributed by atoms with Gasteiger partial charge in [0.2, 0.25) is 5.91 Å². The maximum absolute atomic E-state index is 13.3. The van der Waals surface area contributed by atoms with Crippen molar-refractivity contribution in [3.8, 4) is 0 Å². The zero-order valence-electron chi connectivity index (χ0n) is 11.0. The lowest BCUT2D eigenvalue weighted by atomic mass is 10.2. The van der Waals surface area contributed by atoms with E-state index in [1.807, 2.05) is 0 Å². The standard InChI is InChI=1S/C11H12FN3O5S/c1-21(18,19)20-6-7-4-8(12)5-13-10(7)15-3-2-9(16)14-11(15)17/h4-5H,2-3,6H2,1H3,(H,14,16,17). The Morgan fingerprint density at radius 3 is 2.81 bits per heavy atom. The van der Waals surface area contributed by atoms with Gasteiger partial charge in [-0.25, -0.2) is 14.2 Å². The van der Waals surface area contributed by atoms with Crippen molar-refractivity contribution in [3.63, 3.8) is 0 Å². The number of carbonyl (C=O) groups excluding carboxylic acids is 2. The molecule has 1 aromatic rings. The van der Waals surface area contributed by atoms with Crippen molar-refractivity contribution in [2.24, 2.45) is 0 Å². The predicted molar refractivity (Wildman–Crippen MR) is 69.3 cm³/mol. The number of nitrogens with one attached hydrogen (secondary N) is 1. The summed E-state index contributed by atoms with van der Waals surface area (Å²) in [5, 5.41) is 2.10. The highest BCUT2D eigenvalue weighted by molar-refractivity contribution is 7.85. The van der Waals surface area contributed by atoms with Crippen LogP contribution in [0.15, 0.2) is 12.3 Å². The molecule has 1 fully saturated rings. The number of nitrogens with zero attached hydrogens (tertiary/aromatic N) is 2. The highest BCUT2D eigenvalue weighted by Crippen LogP contribution is 2.22. The molecule has 0 atom stereocenters. The summed E-state index contributed by atoms with van der Waals surface area (Å²) in [4.78, 5) is 27.8. The monoisotopic (exact) mass is 317 g/mol. The van der Waals surface area contributed by atoms with E-state index in [0.717, 1.165) is 23.4 Å². The van der Waals surface area contributed by atoms with Gasteiger partial charge in [-0.1, -0.05) is 0 Å². The number of imide groups is 1. The number of carbonyl (C=O) groups is 2. The van der Waals surface area contributed by atoms with Crippen LogP contribution in [-0.2, 0) is 25.7 Å². The van der Waals surface area contributed by atoms with Crippen LogP contribution in [0.3, 0.4) is 0 Å². The Bertz CT molecular complexity index is 691. The molecule has 1 aliphatic rings. The first-order valence-corrected chi connectivity index (χ1v) is 7.68. The number of anilines is 1. The Kier molecular flexibility index (Phi) is 4.19. The van der Waals surface area contributed by atoms with Crippen molar-refractivity contribution in [3.05, 3.63) is 23.6 Å². The third kappa shape index (κ3) is 3.95. The van der Waals surface area contributed by atoms with E-state index in [1.54, 1.807) is 0 Å². The first kappa shape index (κ1) is 15.3. The first-order valence-electron chi connectivity index (χ1n) is 5.86. The van der Waals surface area contributed by atoms with Crippen LogP contribution >= 0.6 is 0 Å². The molecule has 10 heteroatoms. The molecule has 114 valence electrons. The van der Waals surface area contributed by atoms with Crippen LogP contribution in [0.4, 0.5) is 15.0 Å². The molecule has 0 saturated carbocycles. The zero-order valence-corrected chi connectivity index (χ0v) is 11.8. The highest BCUT2D eigenvalue weighted by Gasteiger charge is 2.27. The van der Waals surface area contributed by atoms with Gasteiger partial charge in [0.25, 0.3) is 10.1 Å². The van der Waals surface area contributed by atoms with E-state index in [9.17, 15) is 22.4 Å². The molecule has 1 aliphatic heterocycles. The molecule has 3 amide bonds. The van der Waals surface area contributed by atoms with Gasteiger partial charge in [-0.15, -0.1) is 0 Å². The minimum absolute atomic E-state index is 0.0463. The van der Waals surface area contributed by atoms with Crippen LogP contribution in [0.5, 0.6) is 0 Å².